The maximum atomic E-state index is 13.7. The first-order valence-corrected chi connectivity index (χ1v) is 18.8. The molecule has 2 aliphatic rings. The van der Waals surface area contributed by atoms with Gasteiger partial charge in [0.05, 0.1) is 13.1 Å². The highest BCUT2D eigenvalue weighted by atomic mass is 31.2. The summed E-state index contributed by atoms with van der Waals surface area (Å²) in [4.78, 5) is 48.8. The van der Waals surface area contributed by atoms with E-state index < -0.39 is 90.6 Å². The molecule has 0 unspecified atom stereocenters. The molecule has 0 aliphatic carbocycles. The Kier molecular flexibility index (Phi) is 20.0. The Bertz CT molecular complexity index is 2120. The van der Waals surface area contributed by atoms with E-state index in [0.29, 0.717) is 24.3 Å². The summed E-state index contributed by atoms with van der Waals surface area (Å²) in [6.45, 7) is -0.604. The molecule has 2 aliphatic heterocycles. The van der Waals surface area contributed by atoms with E-state index in [4.69, 9.17) is 30.7 Å². The number of nitrogens with zero attached hydrogens (tertiary/aromatic N) is 8. The van der Waals surface area contributed by atoms with Crippen LogP contribution in [0.25, 0.3) is 0 Å². The summed E-state index contributed by atoms with van der Waals surface area (Å²) in [5.74, 6) is -10.3. The Morgan fingerprint density at radius 3 is 1.17 bits per heavy atom. The van der Waals surface area contributed by atoms with Gasteiger partial charge in [0.25, 0.3) is 0 Å². The van der Waals surface area contributed by atoms with E-state index in [1.54, 1.807) is 0 Å². The number of fused-ring (bicyclic) bond motifs is 2. The molecule has 0 fully saturated rings. The Labute approximate surface area is 351 Å². The normalized spacial score (nSPS) is 14.5. The number of carbonyl (C=O) groups is 2. The lowest BCUT2D eigenvalue weighted by molar-refractivity contribution is -0.149. The number of phosphoric acid groups is 1. The molecule has 6 rings (SSSR count). The third kappa shape index (κ3) is 15.5. The van der Waals surface area contributed by atoms with Crippen LogP contribution in [0.15, 0.2) is 24.3 Å². The number of nitrogens with two attached hydrogens (primary N) is 2. The molecule has 13 N–H and O–H groups in total. The first-order chi connectivity index (χ1) is 28.1. The van der Waals surface area contributed by atoms with Crippen LogP contribution in [0.5, 0.6) is 0 Å². The average Bonchev–Trinajstić information content (AvgIpc) is 3.77. The first-order valence-electron chi connectivity index (χ1n) is 17.2. The number of alkyl halides is 6. The lowest BCUT2D eigenvalue weighted by Gasteiger charge is -2.29. The van der Waals surface area contributed by atoms with E-state index in [1.807, 2.05) is 0 Å². The zero-order valence-electron chi connectivity index (χ0n) is 32.3. The van der Waals surface area contributed by atoms with Crippen LogP contribution in [0.1, 0.15) is 47.3 Å². The molecule has 32 heteroatoms. The fourth-order valence-electron chi connectivity index (χ4n) is 6.02. The van der Waals surface area contributed by atoms with Crippen molar-refractivity contribution >= 4 is 19.6 Å². The molecule has 0 bridgehead atoms. The van der Waals surface area contributed by atoms with E-state index in [0.717, 1.165) is 9.13 Å². The largest absolute Gasteiger partial charge is 0.466 e. The number of hydrogen-bond donors (Lipinski definition) is 5. The molecule has 19 nitrogen and oxygen atoms in total. The highest BCUT2D eigenvalue weighted by Crippen LogP contribution is 2.31. The number of amides is 2. The monoisotopic (exact) mass is 966 g/mol. The van der Waals surface area contributed by atoms with Crippen LogP contribution < -0.4 is 11.5 Å². The second-order valence-electron chi connectivity index (χ2n) is 13.4. The van der Waals surface area contributed by atoms with Crippen LogP contribution in [0.3, 0.4) is 0 Å². The minimum Gasteiger partial charge on any atom is -0.412 e. The second kappa shape index (κ2) is 22.6. The van der Waals surface area contributed by atoms with Crippen molar-refractivity contribution < 1.29 is 97.9 Å². The van der Waals surface area contributed by atoms with Gasteiger partial charge in [0.1, 0.15) is 11.6 Å². The van der Waals surface area contributed by atoms with Crippen molar-refractivity contribution in [3.63, 3.8) is 0 Å². The van der Waals surface area contributed by atoms with Gasteiger partial charge in [0.15, 0.2) is 34.9 Å². The maximum absolute atomic E-state index is 13.7. The quantitative estimate of drug-likeness (QED) is 0.0923. The SMILES string of the molecule is N[C@H](CC(=O)N1CCn2c(nnc2C(F)(F)F)C1)Cc1cc(F)c(F)cc1F.N[C@H](CC(=O)N1CCn2c(nnc2C(F)(F)F)C1)Cc1cc(F)c(F)cc1F.O.O.O.O=P(O)(O)O. The van der Waals surface area contributed by atoms with E-state index in [9.17, 15) is 62.3 Å². The Morgan fingerprint density at radius 2 is 0.875 bits per heavy atom. The predicted molar refractivity (Wildman–Crippen MR) is 191 cm³/mol. The third-order valence-corrected chi connectivity index (χ3v) is 8.74. The number of carbonyl (C=O) groups excluding carboxylic acids is 2. The van der Waals surface area contributed by atoms with Gasteiger partial charge in [-0.1, -0.05) is 0 Å². The summed E-state index contributed by atoms with van der Waals surface area (Å²) in [6.07, 6.45) is -10.2. The Balaban J connectivity index is 0.000000555. The summed E-state index contributed by atoms with van der Waals surface area (Å²) < 4.78 is 167. The fourth-order valence-corrected chi connectivity index (χ4v) is 6.02. The zero-order chi connectivity index (χ0) is 45.8. The Hall–Kier alpha value is -5.27. The van der Waals surface area contributed by atoms with Crippen LogP contribution in [-0.2, 0) is 65.5 Å². The van der Waals surface area contributed by atoms with Gasteiger partial charge in [-0.15, -0.1) is 20.4 Å². The van der Waals surface area contributed by atoms with Crippen LogP contribution in [0.2, 0.25) is 0 Å². The molecule has 0 saturated heterocycles. The average molecular weight is 967 g/mol. The Morgan fingerprint density at radius 1 is 0.578 bits per heavy atom. The summed E-state index contributed by atoms with van der Waals surface area (Å²) in [7, 11) is -4.64. The molecule has 2 aromatic heterocycles. The lowest BCUT2D eigenvalue weighted by Crippen LogP contribution is -2.42. The van der Waals surface area contributed by atoms with E-state index in [-0.39, 0.29) is 104 Å². The molecule has 0 radical (unpaired) electrons. The predicted octanol–water partition coefficient (Wildman–Crippen LogP) is 0.630. The van der Waals surface area contributed by atoms with Crippen LogP contribution in [0, 0.1) is 34.9 Å². The lowest BCUT2D eigenvalue weighted by atomic mass is 10.0. The zero-order valence-corrected chi connectivity index (χ0v) is 33.2. The molecule has 0 saturated carbocycles. The van der Waals surface area contributed by atoms with Gasteiger partial charge in [-0.3, -0.25) is 9.59 Å². The van der Waals surface area contributed by atoms with Crippen molar-refractivity contribution in [2.45, 2.75) is 76.3 Å². The molecule has 2 amide bonds. The van der Waals surface area contributed by atoms with Crippen molar-refractivity contribution in [3.05, 3.63) is 93.6 Å². The molecule has 2 atom stereocenters. The molecular formula is C32H39F12N10O9P. The van der Waals surface area contributed by atoms with E-state index in [2.05, 4.69) is 20.4 Å². The number of benzene rings is 2. The third-order valence-electron chi connectivity index (χ3n) is 8.74. The van der Waals surface area contributed by atoms with Crippen LogP contribution in [-0.4, -0.2) is 107 Å². The van der Waals surface area contributed by atoms with Gasteiger partial charge < -0.3 is 61.5 Å². The van der Waals surface area contributed by atoms with Gasteiger partial charge in [0.2, 0.25) is 23.5 Å². The highest BCUT2D eigenvalue weighted by molar-refractivity contribution is 7.45. The van der Waals surface area contributed by atoms with Crippen molar-refractivity contribution in [2.75, 3.05) is 13.1 Å². The molecule has 0 spiro atoms. The molecule has 4 heterocycles. The van der Waals surface area contributed by atoms with Crippen LogP contribution >= 0.6 is 7.82 Å². The standard InChI is InChI=1S/2C16H15F6N5O.H3O4P.3H2O/c2*17-10-6-12(19)11(18)4-8(10)3-9(23)5-14(28)26-1-2-27-13(7-26)24-25-15(27)16(20,21)22;1-5(2,3)4;;;/h2*4,6,9H,1-3,5,7,23H2;(H3,1,2,3,4);3*1H2/t2*9-;;;;/m00..../s1. The first kappa shape index (κ1) is 56.7. The molecule has 4 aromatic rings. The maximum Gasteiger partial charge on any atom is 0.466 e. The molecular weight excluding hydrogens is 927 g/mol. The topological polar surface area (TPSA) is 326 Å². The summed E-state index contributed by atoms with van der Waals surface area (Å²) in [5, 5.41) is 13.2. The number of rotatable bonds is 8. The van der Waals surface area contributed by atoms with Crippen molar-refractivity contribution in [2.24, 2.45) is 11.5 Å². The minimum atomic E-state index is -4.64. The minimum absolute atomic E-state index is 0. The van der Waals surface area contributed by atoms with Gasteiger partial charge in [-0.2, -0.15) is 26.3 Å². The van der Waals surface area contributed by atoms with Gasteiger partial charge >= 0.3 is 20.2 Å². The summed E-state index contributed by atoms with van der Waals surface area (Å²) in [6, 6.07) is 0.368. The van der Waals surface area contributed by atoms with Gasteiger partial charge in [-0.25, -0.2) is 30.9 Å². The van der Waals surface area contributed by atoms with Gasteiger partial charge in [-0.05, 0) is 36.1 Å². The van der Waals surface area contributed by atoms with Gasteiger partial charge in [0, 0.05) is 63.2 Å². The van der Waals surface area contributed by atoms with Crippen LogP contribution in [0.4, 0.5) is 52.7 Å². The van der Waals surface area contributed by atoms with E-state index in [1.165, 1.54) is 9.80 Å². The smallest absolute Gasteiger partial charge is 0.412 e. The summed E-state index contributed by atoms with van der Waals surface area (Å²) >= 11 is 0. The molecule has 2 aromatic carbocycles. The fraction of sp³-hybridized carbons (Fsp3) is 0.438. The van der Waals surface area contributed by atoms with E-state index >= 15 is 0 Å². The van der Waals surface area contributed by atoms with Crippen molar-refractivity contribution in [3.8, 4) is 0 Å². The molecule has 64 heavy (non-hydrogen) atoms. The number of hydrogen-bond acceptors (Lipinski definition) is 9. The number of aromatic nitrogens is 6. The molecule has 360 valence electrons. The number of halogens is 12. The second-order valence-corrected chi connectivity index (χ2v) is 14.4. The van der Waals surface area contributed by atoms with Crippen molar-refractivity contribution in [1.82, 2.24) is 39.3 Å². The highest BCUT2D eigenvalue weighted by Gasteiger charge is 2.41. The van der Waals surface area contributed by atoms with Crippen molar-refractivity contribution in [1.29, 1.82) is 0 Å². The summed E-state index contributed by atoms with van der Waals surface area (Å²) in [5.41, 5.74) is 11.3.